The van der Waals surface area contributed by atoms with Crippen molar-refractivity contribution >= 4 is 15.8 Å². The van der Waals surface area contributed by atoms with Gasteiger partial charge in [-0.25, -0.2) is 18.1 Å². The average Bonchev–Trinajstić information content (AvgIpc) is 2.91. The quantitative estimate of drug-likeness (QED) is 0.812. The Bertz CT molecular complexity index is 566. The molecule has 21 heavy (non-hydrogen) atoms. The van der Waals surface area contributed by atoms with Gasteiger partial charge in [0.1, 0.15) is 5.82 Å². The van der Waals surface area contributed by atoms with E-state index in [4.69, 9.17) is 0 Å². The molecule has 0 saturated heterocycles. The lowest BCUT2D eigenvalue weighted by Gasteiger charge is -2.23. The largest absolute Gasteiger partial charge is 0.370 e. The molecule has 0 atom stereocenters. The number of nitrogens with one attached hydrogen (secondary N) is 2. The minimum Gasteiger partial charge on any atom is -0.370 e. The standard InChI is InChI=1S/C15H25N3O2S/c1-3-9-16-14-11-13(6-10-17-14)21(19,20)18-12-15(2)7-4-5-8-15/h6,10-11,18H,3-5,7-9,12H2,1-2H3,(H,16,17). The van der Waals surface area contributed by atoms with Crippen LogP contribution in [0.1, 0.15) is 46.0 Å². The number of anilines is 1. The van der Waals surface area contributed by atoms with Crippen LogP contribution < -0.4 is 10.0 Å². The normalized spacial score (nSPS) is 17.8. The highest BCUT2D eigenvalue weighted by Crippen LogP contribution is 2.37. The van der Waals surface area contributed by atoms with E-state index in [2.05, 4.69) is 28.9 Å². The number of aromatic nitrogens is 1. The first-order valence-corrected chi connectivity index (χ1v) is 9.13. The van der Waals surface area contributed by atoms with Gasteiger partial charge in [-0.05, 0) is 30.7 Å². The van der Waals surface area contributed by atoms with Crippen LogP contribution in [0, 0.1) is 5.41 Å². The molecule has 1 aliphatic carbocycles. The van der Waals surface area contributed by atoms with Crippen molar-refractivity contribution in [3.05, 3.63) is 18.3 Å². The van der Waals surface area contributed by atoms with Crippen LogP contribution in [0.2, 0.25) is 0 Å². The van der Waals surface area contributed by atoms with Gasteiger partial charge < -0.3 is 5.32 Å². The van der Waals surface area contributed by atoms with Crippen molar-refractivity contribution in [2.45, 2.75) is 50.8 Å². The molecule has 0 aromatic carbocycles. The van der Waals surface area contributed by atoms with Crippen molar-refractivity contribution < 1.29 is 8.42 Å². The summed E-state index contributed by atoms with van der Waals surface area (Å²) in [5.41, 5.74) is 0.101. The minimum atomic E-state index is -3.46. The van der Waals surface area contributed by atoms with Crippen LogP contribution in [0.25, 0.3) is 0 Å². The predicted molar refractivity (Wildman–Crippen MR) is 84.8 cm³/mol. The van der Waals surface area contributed by atoms with Crippen molar-refractivity contribution in [3.63, 3.8) is 0 Å². The summed E-state index contributed by atoms with van der Waals surface area (Å²) >= 11 is 0. The topological polar surface area (TPSA) is 71.1 Å². The van der Waals surface area contributed by atoms with Gasteiger partial charge in [0.2, 0.25) is 10.0 Å². The first-order valence-electron chi connectivity index (χ1n) is 7.65. The first kappa shape index (κ1) is 16.2. The maximum atomic E-state index is 12.4. The zero-order valence-corrected chi connectivity index (χ0v) is 13.7. The number of pyridine rings is 1. The van der Waals surface area contributed by atoms with Crippen molar-refractivity contribution in [1.29, 1.82) is 0 Å². The van der Waals surface area contributed by atoms with Gasteiger partial charge in [-0.2, -0.15) is 0 Å². The molecule has 1 aliphatic rings. The van der Waals surface area contributed by atoms with E-state index in [1.807, 2.05) is 0 Å². The molecule has 1 heterocycles. The Labute approximate surface area is 127 Å². The molecule has 0 unspecified atom stereocenters. The number of rotatable bonds is 7. The summed E-state index contributed by atoms with van der Waals surface area (Å²) in [6.07, 6.45) is 7.07. The van der Waals surface area contributed by atoms with Gasteiger partial charge in [0.25, 0.3) is 0 Å². The van der Waals surface area contributed by atoms with E-state index >= 15 is 0 Å². The van der Waals surface area contributed by atoms with Crippen molar-refractivity contribution in [3.8, 4) is 0 Å². The smallest absolute Gasteiger partial charge is 0.240 e. The molecule has 0 aliphatic heterocycles. The van der Waals surface area contributed by atoms with E-state index in [-0.39, 0.29) is 10.3 Å². The summed E-state index contributed by atoms with van der Waals surface area (Å²) in [5.74, 6) is 0.604. The molecule has 118 valence electrons. The highest BCUT2D eigenvalue weighted by atomic mass is 32.2. The van der Waals surface area contributed by atoms with Gasteiger partial charge in [-0.1, -0.05) is 26.7 Å². The maximum Gasteiger partial charge on any atom is 0.240 e. The third-order valence-electron chi connectivity index (χ3n) is 4.10. The second kappa shape index (κ2) is 6.75. The fourth-order valence-electron chi connectivity index (χ4n) is 2.69. The molecule has 2 rings (SSSR count). The number of hydrogen-bond acceptors (Lipinski definition) is 4. The molecule has 0 spiro atoms. The van der Waals surface area contributed by atoms with Crippen LogP contribution in [0.15, 0.2) is 23.2 Å². The lowest BCUT2D eigenvalue weighted by molar-refractivity contribution is 0.336. The average molecular weight is 311 g/mol. The summed E-state index contributed by atoms with van der Waals surface area (Å²) in [6.45, 7) is 5.50. The molecule has 0 bridgehead atoms. The van der Waals surface area contributed by atoms with Crippen molar-refractivity contribution in [2.24, 2.45) is 5.41 Å². The monoisotopic (exact) mass is 311 g/mol. The van der Waals surface area contributed by atoms with Crippen molar-refractivity contribution in [2.75, 3.05) is 18.4 Å². The van der Waals surface area contributed by atoms with E-state index in [0.29, 0.717) is 12.4 Å². The Morgan fingerprint density at radius 1 is 1.33 bits per heavy atom. The Morgan fingerprint density at radius 2 is 2.05 bits per heavy atom. The Kier molecular flexibility index (Phi) is 5.22. The van der Waals surface area contributed by atoms with Crippen LogP contribution in [0.4, 0.5) is 5.82 Å². The van der Waals surface area contributed by atoms with Crippen LogP contribution in [-0.2, 0) is 10.0 Å². The van der Waals surface area contributed by atoms with Gasteiger partial charge in [-0.15, -0.1) is 0 Å². The molecule has 6 heteroatoms. The van der Waals surface area contributed by atoms with Gasteiger partial charge in [-0.3, -0.25) is 0 Å². The minimum absolute atomic E-state index is 0.101. The fraction of sp³-hybridized carbons (Fsp3) is 0.667. The van der Waals surface area contributed by atoms with E-state index in [0.717, 1.165) is 25.8 Å². The lowest BCUT2D eigenvalue weighted by Crippen LogP contribution is -2.34. The Balaban J connectivity index is 2.04. The zero-order chi connectivity index (χ0) is 15.3. The molecule has 1 fully saturated rings. The van der Waals surface area contributed by atoms with E-state index in [1.54, 1.807) is 6.07 Å². The maximum absolute atomic E-state index is 12.4. The van der Waals surface area contributed by atoms with Crippen LogP contribution in [0.5, 0.6) is 0 Å². The van der Waals surface area contributed by atoms with Gasteiger partial charge in [0.15, 0.2) is 0 Å². The van der Waals surface area contributed by atoms with Gasteiger partial charge in [0.05, 0.1) is 4.90 Å². The highest BCUT2D eigenvalue weighted by molar-refractivity contribution is 7.89. The third-order valence-corrected chi connectivity index (χ3v) is 5.50. The first-order chi connectivity index (χ1) is 9.95. The molecule has 5 nitrogen and oxygen atoms in total. The number of nitrogens with zero attached hydrogens (tertiary/aromatic N) is 1. The molecule has 1 saturated carbocycles. The lowest BCUT2D eigenvalue weighted by atomic mass is 9.89. The predicted octanol–water partition coefficient (Wildman–Crippen LogP) is 2.76. The molecule has 1 aromatic rings. The Hall–Kier alpha value is -1.14. The molecular weight excluding hydrogens is 286 g/mol. The molecular formula is C15H25N3O2S. The van der Waals surface area contributed by atoms with Crippen LogP contribution in [-0.4, -0.2) is 26.5 Å². The van der Waals surface area contributed by atoms with Crippen molar-refractivity contribution in [1.82, 2.24) is 9.71 Å². The summed E-state index contributed by atoms with van der Waals surface area (Å²) < 4.78 is 27.5. The summed E-state index contributed by atoms with van der Waals surface area (Å²) in [5, 5.41) is 3.11. The van der Waals surface area contributed by atoms with E-state index in [1.165, 1.54) is 25.1 Å². The van der Waals surface area contributed by atoms with Gasteiger partial charge in [0, 0.05) is 25.4 Å². The van der Waals surface area contributed by atoms with Crippen LogP contribution in [0.3, 0.4) is 0 Å². The zero-order valence-electron chi connectivity index (χ0n) is 12.9. The van der Waals surface area contributed by atoms with Gasteiger partial charge >= 0.3 is 0 Å². The molecule has 1 aromatic heterocycles. The SMILES string of the molecule is CCCNc1cc(S(=O)(=O)NCC2(C)CCCC2)ccn1. The second-order valence-electron chi connectivity index (χ2n) is 6.15. The Morgan fingerprint density at radius 3 is 2.71 bits per heavy atom. The molecule has 2 N–H and O–H groups in total. The molecule has 0 radical (unpaired) electrons. The number of sulfonamides is 1. The van der Waals surface area contributed by atoms with Crippen LogP contribution >= 0.6 is 0 Å². The number of hydrogen-bond donors (Lipinski definition) is 2. The van der Waals surface area contributed by atoms with E-state index in [9.17, 15) is 8.42 Å². The highest BCUT2D eigenvalue weighted by Gasteiger charge is 2.30. The summed E-state index contributed by atoms with van der Waals surface area (Å²) in [4.78, 5) is 4.41. The fourth-order valence-corrected chi connectivity index (χ4v) is 3.90. The summed E-state index contributed by atoms with van der Waals surface area (Å²) in [6, 6.07) is 3.13. The van der Waals surface area contributed by atoms with E-state index < -0.39 is 10.0 Å². The second-order valence-corrected chi connectivity index (χ2v) is 7.91. The summed E-state index contributed by atoms with van der Waals surface area (Å²) in [7, 11) is -3.46. The third kappa shape index (κ3) is 4.41. The molecule has 0 amide bonds.